The summed E-state index contributed by atoms with van der Waals surface area (Å²) in [6.45, 7) is 4.51. The van der Waals surface area contributed by atoms with Crippen molar-refractivity contribution < 1.29 is 23.9 Å². The number of nitrogens with zero attached hydrogens (tertiary/aromatic N) is 1. The summed E-state index contributed by atoms with van der Waals surface area (Å²) in [4.78, 5) is 37.9. The number of ether oxygens (including phenoxy) is 2. The lowest BCUT2D eigenvalue weighted by molar-refractivity contribution is -0.149. The summed E-state index contributed by atoms with van der Waals surface area (Å²) in [5.41, 5.74) is 0. The molecule has 2 atom stereocenters. The van der Waals surface area contributed by atoms with Crippen molar-refractivity contribution in [3.63, 3.8) is 0 Å². The van der Waals surface area contributed by atoms with Gasteiger partial charge in [-0.15, -0.1) is 0 Å². The van der Waals surface area contributed by atoms with Crippen molar-refractivity contribution in [3.8, 4) is 0 Å². The Morgan fingerprint density at radius 1 is 1.19 bits per heavy atom. The molecule has 8 nitrogen and oxygen atoms in total. The van der Waals surface area contributed by atoms with E-state index in [2.05, 4.69) is 10.2 Å². The van der Waals surface area contributed by atoms with Crippen molar-refractivity contribution in [1.29, 1.82) is 5.41 Å². The van der Waals surface area contributed by atoms with Gasteiger partial charge in [-0.1, -0.05) is 12.8 Å². The van der Waals surface area contributed by atoms with E-state index in [4.69, 9.17) is 14.9 Å². The van der Waals surface area contributed by atoms with Gasteiger partial charge >= 0.3 is 5.97 Å². The highest BCUT2D eigenvalue weighted by atomic mass is 16.5. The van der Waals surface area contributed by atoms with Gasteiger partial charge in [-0.05, 0) is 39.3 Å². The first-order valence-electron chi connectivity index (χ1n) is 9.23. The van der Waals surface area contributed by atoms with Crippen molar-refractivity contribution in [1.82, 2.24) is 10.2 Å². The molecule has 1 heterocycles. The average molecular weight is 369 g/mol. The molecule has 1 amide bonds. The summed E-state index contributed by atoms with van der Waals surface area (Å²) >= 11 is 0. The molecular weight excluding hydrogens is 338 g/mol. The number of rotatable bonds is 11. The largest absolute Gasteiger partial charge is 0.463 e. The lowest BCUT2D eigenvalue weighted by Gasteiger charge is -2.22. The minimum atomic E-state index is -0.923. The van der Waals surface area contributed by atoms with Crippen molar-refractivity contribution in [3.05, 3.63) is 0 Å². The highest BCUT2D eigenvalue weighted by molar-refractivity contribution is 6.26. The van der Waals surface area contributed by atoms with Crippen LogP contribution in [0.3, 0.4) is 0 Å². The number of nitrogens with one attached hydrogen (secondary N) is 2. The Morgan fingerprint density at radius 2 is 1.85 bits per heavy atom. The first-order valence-corrected chi connectivity index (χ1v) is 9.23. The van der Waals surface area contributed by atoms with Gasteiger partial charge in [0.1, 0.15) is 18.8 Å². The molecule has 0 aliphatic carbocycles. The molecule has 1 rings (SSSR count). The third-order valence-corrected chi connectivity index (χ3v) is 4.51. The van der Waals surface area contributed by atoms with Crippen molar-refractivity contribution in [2.45, 2.75) is 57.6 Å². The van der Waals surface area contributed by atoms with Crippen LogP contribution in [-0.4, -0.2) is 74.3 Å². The molecule has 2 N–H and O–H groups in total. The predicted octanol–water partition coefficient (Wildman–Crippen LogP) is 0.924. The van der Waals surface area contributed by atoms with E-state index in [0.29, 0.717) is 12.8 Å². The molecule has 1 saturated heterocycles. The lowest BCUT2D eigenvalue weighted by atomic mass is 10.1. The second kappa shape index (κ2) is 12.5. The van der Waals surface area contributed by atoms with Gasteiger partial charge < -0.3 is 20.2 Å². The van der Waals surface area contributed by atoms with Gasteiger partial charge in [0, 0.05) is 20.1 Å². The van der Waals surface area contributed by atoms with E-state index >= 15 is 0 Å². The van der Waals surface area contributed by atoms with Crippen LogP contribution in [0.15, 0.2) is 0 Å². The van der Waals surface area contributed by atoms with Gasteiger partial charge in [0.15, 0.2) is 5.78 Å². The molecule has 0 radical (unpaired) electrons. The molecule has 1 fully saturated rings. The van der Waals surface area contributed by atoms with Crippen LogP contribution in [0, 0.1) is 5.41 Å². The van der Waals surface area contributed by atoms with Crippen molar-refractivity contribution in [2.24, 2.45) is 0 Å². The number of ketones is 1. The normalized spacial score (nSPS) is 17.6. The van der Waals surface area contributed by atoms with E-state index < -0.39 is 29.8 Å². The Labute approximate surface area is 155 Å². The Morgan fingerprint density at radius 3 is 2.42 bits per heavy atom. The molecule has 0 unspecified atom stereocenters. The Kier molecular flexibility index (Phi) is 10.7. The maximum atomic E-state index is 12.3. The number of hydrogen-bond donors (Lipinski definition) is 2. The van der Waals surface area contributed by atoms with E-state index in [1.54, 1.807) is 6.92 Å². The van der Waals surface area contributed by atoms with Gasteiger partial charge in [0.25, 0.3) is 0 Å². The summed E-state index contributed by atoms with van der Waals surface area (Å²) in [6, 6.07) is -0.923. The predicted molar refractivity (Wildman–Crippen MR) is 97.3 cm³/mol. The highest BCUT2D eigenvalue weighted by Gasteiger charge is 2.25. The van der Waals surface area contributed by atoms with Crippen LogP contribution in [-0.2, 0) is 23.9 Å². The number of methoxy groups -OCH3 is 1. The zero-order valence-corrected chi connectivity index (χ0v) is 15.8. The highest BCUT2D eigenvalue weighted by Crippen LogP contribution is 2.09. The molecule has 26 heavy (non-hydrogen) atoms. The fourth-order valence-corrected chi connectivity index (χ4v) is 2.74. The minimum absolute atomic E-state index is 0.00294. The Bertz CT molecular complexity index is 475. The molecule has 1 aliphatic heterocycles. The maximum absolute atomic E-state index is 12.3. The molecule has 148 valence electrons. The molecule has 0 aromatic carbocycles. The minimum Gasteiger partial charge on any atom is -0.463 e. The van der Waals surface area contributed by atoms with Crippen LogP contribution in [0.2, 0.25) is 0 Å². The number of amides is 1. The quantitative estimate of drug-likeness (QED) is 0.414. The molecule has 0 aromatic heterocycles. The topological polar surface area (TPSA) is 109 Å². The van der Waals surface area contributed by atoms with Gasteiger partial charge in [0.2, 0.25) is 5.91 Å². The van der Waals surface area contributed by atoms with Crippen LogP contribution in [0.25, 0.3) is 0 Å². The molecule has 0 bridgehead atoms. The van der Waals surface area contributed by atoms with Crippen LogP contribution >= 0.6 is 0 Å². The Balaban J connectivity index is 2.50. The fraction of sp³-hybridized carbons (Fsp3) is 0.778. The monoisotopic (exact) mass is 369 g/mol. The second-order valence-corrected chi connectivity index (χ2v) is 6.51. The SMILES string of the molecule is CO[C@H](C)C(=O)N[C@@H](CCC(=O)C=N)C(=O)OCCN1CCCCCC1. The molecule has 0 spiro atoms. The van der Waals surface area contributed by atoms with Crippen LogP contribution < -0.4 is 5.32 Å². The van der Waals surface area contributed by atoms with E-state index in [1.807, 2.05) is 0 Å². The van der Waals surface area contributed by atoms with E-state index in [-0.39, 0.29) is 19.4 Å². The van der Waals surface area contributed by atoms with E-state index in [9.17, 15) is 14.4 Å². The first kappa shape index (κ1) is 22.2. The average Bonchev–Trinajstić information content (AvgIpc) is 2.92. The molecule has 0 aromatic rings. The van der Waals surface area contributed by atoms with Gasteiger partial charge in [-0.2, -0.15) is 0 Å². The van der Waals surface area contributed by atoms with Crippen LogP contribution in [0.5, 0.6) is 0 Å². The van der Waals surface area contributed by atoms with Gasteiger partial charge in [-0.25, -0.2) is 4.79 Å². The second-order valence-electron chi connectivity index (χ2n) is 6.51. The summed E-state index contributed by atoms with van der Waals surface area (Å²) in [6.07, 6.45) is 4.89. The van der Waals surface area contributed by atoms with Gasteiger partial charge in [0.05, 0.1) is 6.21 Å². The number of likely N-dealkylation sites (tertiary alicyclic amines) is 1. The standard InChI is InChI=1S/C18H31N3O5/c1-14(25-2)17(23)20-16(8-7-15(22)13-19)18(24)26-12-11-21-9-5-3-4-6-10-21/h13-14,16,19H,3-12H2,1-2H3,(H,20,23)/t14-,16+/m1/s1. The smallest absolute Gasteiger partial charge is 0.328 e. The number of hydrogen-bond acceptors (Lipinski definition) is 7. The van der Waals surface area contributed by atoms with Crippen molar-refractivity contribution >= 4 is 23.9 Å². The van der Waals surface area contributed by atoms with Crippen molar-refractivity contribution in [2.75, 3.05) is 33.4 Å². The number of esters is 1. The summed E-state index contributed by atoms with van der Waals surface area (Å²) < 4.78 is 10.3. The number of carbonyl (C=O) groups excluding carboxylic acids is 3. The molecule has 1 aliphatic rings. The maximum Gasteiger partial charge on any atom is 0.328 e. The third-order valence-electron chi connectivity index (χ3n) is 4.51. The molecule has 0 saturated carbocycles. The number of Topliss-reactive ketones (excluding diaryl/α,β-unsaturated/α-hetero) is 1. The van der Waals surface area contributed by atoms with Crippen LogP contribution in [0.1, 0.15) is 45.4 Å². The van der Waals surface area contributed by atoms with E-state index in [1.165, 1.54) is 20.0 Å². The third kappa shape index (κ3) is 8.53. The summed E-state index contributed by atoms with van der Waals surface area (Å²) in [5, 5.41) is 9.50. The zero-order chi connectivity index (χ0) is 19.4. The van der Waals surface area contributed by atoms with Crippen LogP contribution in [0.4, 0.5) is 0 Å². The number of carbonyl (C=O) groups is 3. The Hall–Kier alpha value is -1.80. The lowest BCUT2D eigenvalue weighted by Crippen LogP contribution is -2.46. The van der Waals surface area contributed by atoms with E-state index in [0.717, 1.165) is 25.9 Å². The first-order chi connectivity index (χ1) is 12.5. The molecule has 8 heteroatoms. The molecular formula is C18H31N3O5. The fourth-order valence-electron chi connectivity index (χ4n) is 2.74. The van der Waals surface area contributed by atoms with Gasteiger partial charge in [-0.3, -0.25) is 14.5 Å². The summed E-state index contributed by atoms with van der Waals surface area (Å²) in [7, 11) is 1.40. The zero-order valence-electron chi connectivity index (χ0n) is 15.8. The summed E-state index contributed by atoms with van der Waals surface area (Å²) in [5.74, 6) is -1.40.